The molecule has 0 aliphatic heterocycles. The van der Waals surface area contributed by atoms with E-state index in [0.717, 1.165) is 27.7 Å². The molecular formula is C36H29BrClF5N14O6. The molecule has 0 saturated heterocycles. The lowest BCUT2D eigenvalue weighted by atomic mass is 10.0. The fourth-order valence-corrected chi connectivity index (χ4v) is 6.30. The summed E-state index contributed by atoms with van der Waals surface area (Å²) in [5.74, 6) is -4.78. The summed E-state index contributed by atoms with van der Waals surface area (Å²) in [7, 11) is 2.79. The van der Waals surface area contributed by atoms with Gasteiger partial charge in [-0.1, -0.05) is 28.1 Å². The molecule has 1 unspecified atom stereocenters. The first-order valence-corrected chi connectivity index (χ1v) is 18.9. The van der Waals surface area contributed by atoms with Gasteiger partial charge in [-0.25, -0.2) is 38.3 Å². The Kier molecular flexibility index (Phi) is 13.2. The molecule has 6 rings (SSSR count). The van der Waals surface area contributed by atoms with Crippen LogP contribution in [0.1, 0.15) is 44.1 Å². The van der Waals surface area contributed by atoms with Crippen molar-refractivity contribution in [2.24, 2.45) is 14.1 Å². The molecule has 20 nitrogen and oxygen atoms in total. The Bertz CT molecular complexity index is 2770. The van der Waals surface area contributed by atoms with E-state index in [4.69, 9.17) is 21.1 Å². The summed E-state index contributed by atoms with van der Waals surface area (Å²) < 4.78 is 82.6. The molecular weight excluding hydrogens is 935 g/mol. The summed E-state index contributed by atoms with van der Waals surface area (Å²) in [6, 6.07) is 6.19. The highest BCUT2D eigenvalue weighted by molar-refractivity contribution is 9.10. The van der Waals surface area contributed by atoms with Gasteiger partial charge in [0.15, 0.2) is 28.8 Å². The third-order valence-corrected chi connectivity index (χ3v) is 9.27. The van der Waals surface area contributed by atoms with E-state index in [-0.39, 0.29) is 67.6 Å². The minimum absolute atomic E-state index is 0.0488. The fourth-order valence-electron chi connectivity index (χ4n) is 5.64. The number of rotatable bonds is 11. The lowest BCUT2D eigenvalue weighted by Crippen LogP contribution is -2.30. The van der Waals surface area contributed by atoms with Crippen LogP contribution in [0.25, 0.3) is 34.0 Å². The minimum atomic E-state index is -5.26. The number of pyridine rings is 4. The highest BCUT2D eigenvalue weighted by Crippen LogP contribution is 2.37. The number of alkyl halides is 3. The van der Waals surface area contributed by atoms with Gasteiger partial charge in [0.2, 0.25) is 11.9 Å². The van der Waals surface area contributed by atoms with Crippen LogP contribution in [-0.2, 0) is 33.2 Å². The van der Waals surface area contributed by atoms with Crippen molar-refractivity contribution in [1.29, 1.82) is 0 Å². The summed E-state index contributed by atoms with van der Waals surface area (Å²) in [5.41, 5.74) is -1.15. The summed E-state index contributed by atoms with van der Waals surface area (Å²) in [5, 5.41) is 24.4. The predicted molar refractivity (Wildman–Crippen MR) is 215 cm³/mol. The topological polar surface area (TPSA) is 248 Å². The third-order valence-electron chi connectivity index (χ3n) is 8.54. The Labute approximate surface area is 364 Å². The van der Waals surface area contributed by atoms with Crippen LogP contribution in [-0.4, -0.2) is 80.1 Å². The quantitative estimate of drug-likeness (QED) is 0.0735. The summed E-state index contributed by atoms with van der Waals surface area (Å²) >= 11 is 9.78. The number of carbonyl (C=O) groups is 4. The molecule has 27 heteroatoms. The Hall–Kier alpha value is -7.22. The van der Waals surface area contributed by atoms with Gasteiger partial charge in [0.25, 0.3) is 0 Å². The molecule has 328 valence electrons. The monoisotopic (exact) mass is 962 g/mol. The largest absolute Gasteiger partial charge is 0.471 e. The number of ether oxygens (including phenoxy) is 2. The molecule has 6 aromatic heterocycles. The molecule has 0 aliphatic carbocycles. The van der Waals surface area contributed by atoms with Gasteiger partial charge in [-0.05, 0) is 48.0 Å². The molecule has 0 spiro atoms. The second kappa shape index (κ2) is 18.4. The van der Waals surface area contributed by atoms with Gasteiger partial charge in [-0.2, -0.15) is 17.6 Å². The average molecular weight is 964 g/mol. The number of nitrogens with zero attached hydrogens (tertiary/aromatic N) is 10. The molecule has 63 heavy (non-hydrogen) atoms. The van der Waals surface area contributed by atoms with Gasteiger partial charge in [-0.15, -0.1) is 10.2 Å². The number of nitrogens with one attached hydrogen (secondary N) is 4. The van der Waals surface area contributed by atoms with Crippen molar-refractivity contribution < 1.29 is 50.6 Å². The van der Waals surface area contributed by atoms with Crippen molar-refractivity contribution >= 4 is 74.5 Å². The van der Waals surface area contributed by atoms with Crippen molar-refractivity contribution in [2.75, 3.05) is 21.3 Å². The second-order valence-corrected chi connectivity index (χ2v) is 14.4. The van der Waals surface area contributed by atoms with Gasteiger partial charge in [0.1, 0.15) is 28.7 Å². The molecule has 0 radical (unpaired) electrons. The summed E-state index contributed by atoms with van der Waals surface area (Å²) in [4.78, 5) is 65.6. The van der Waals surface area contributed by atoms with E-state index < -0.39 is 59.8 Å². The van der Waals surface area contributed by atoms with Gasteiger partial charge in [0, 0.05) is 54.4 Å². The van der Waals surface area contributed by atoms with E-state index in [1.54, 1.807) is 5.32 Å². The van der Waals surface area contributed by atoms with E-state index in [1.807, 2.05) is 0 Å². The van der Waals surface area contributed by atoms with Crippen molar-refractivity contribution in [3.8, 4) is 34.0 Å². The number of hydrogen-bond acceptors (Lipinski definition) is 14. The smallest absolute Gasteiger partial charge is 0.441 e. The molecule has 2 atom stereocenters. The standard InChI is InChI=1S/C36H29BrClF5N14O6/c1-14(62-34(60)51-32-28(53-55-57(32)5)26-23(39)10-19(13-45-26)47-16(3)58)20-6-7-24(49-29(20)38)22-9-18(48-33(59)36(41,42)43)12-44-25(22)27-31(56(4)54-52-27)50-35(61)63-15(2)21-8-17(37)11-46-30(21)40/h6-15H,1-5H3,(H,47,58)(H,48,59)(H,50,61)(H,51,60)/t14-,15?/m1/s1. The molecule has 6 aromatic rings. The van der Waals surface area contributed by atoms with Crippen LogP contribution >= 0.6 is 27.5 Å². The van der Waals surface area contributed by atoms with Gasteiger partial charge in [0.05, 0.1) is 29.5 Å². The third kappa shape index (κ3) is 10.5. The molecule has 0 bridgehead atoms. The van der Waals surface area contributed by atoms with Gasteiger partial charge < -0.3 is 20.1 Å². The Morgan fingerprint density at radius 1 is 0.746 bits per heavy atom. The highest BCUT2D eigenvalue weighted by atomic mass is 79.9. The number of carbonyl (C=O) groups excluding carboxylic acids is 4. The molecule has 0 saturated carbocycles. The van der Waals surface area contributed by atoms with Gasteiger partial charge in [-0.3, -0.25) is 25.2 Å². The molecule has 6 heterocycles. The molecule has 0 aromatic carbocycles. The van der Waals surface area contributed by atoms with E-state index in [0.29, 0.717) is 4.47 Å². The molecule has 0 aliphatic rings. The zero-order chi connectivity index (χ0) is 45.9. The molecule has 0 fully saturated rings. The Morgan fingerprint density at radius 2 is 1.30 bits per heavy atom. The zero-order valence-electron chi connectivity index (χ0n) is 32.8. The minimum Gasteiger partial charge on any atom is -0.441 e. The fraction of sp³-hybridized carbons (Fsp3) is 0.222. The summed E-state index contributed by atoms with van der Waals surface area (Å²) in [6.07, 6.45) is -6.41. The lowest BCUT2D eigenvalue weighted by molar-refractivity contribution is -0.167. The maximum atomic E-state index is 15.0. The second-order valence-electron chi connectivity index (χ2n) is 13.1. The number of hydrogen-bond donors (Lipinski definition) is 4. The Balaban J connectivity index is 1.26. The van der Waals surface area contributed by atoms with Crippen molar-refractivity contribution in [3.05, 3.63) is 81.4 Å². The average Bonchev–Trinajstić information content (AvgIpc) is 3.74. The predicted octanol–water partition coefficient (Wildman–Crippen LogP) is 7.30. The molecule has 4 amide bonds. The first-order chi connectivity index (χ1) is 29.7. The lowest BCUT2D eigenvalue weighted by Gasteiger charge is -2.17. The first-order valence-electron chi connectivity index (χ1n) is 17.7. The number of amides is 4. The maximum Gasteiger partial charge on any atom is 0.471 e. The summed E-state index contributed by atoms with van der Waals surface area (Å²) in [6.45, 7) is 4.06. The number of anilines is 4. The van der Waals surface area contributed by atoms with E-state index in [2.05, 4.69) is 72.4 Å². The van der Waals surface area contributed by atoms with Crippen molar-refractivity contribution in [3.63, 3.8) is 0 Å². The SMILES string of the molecule is CC(=O)Nc1cnc(-c2nnn(C)c2NC(=O)O[C@H](C)c2ccc(-c3cc(NC(=O)C(F)(F)F)cnc3-c3nnn(C)c3NC(=O)OC(C)c3cc(Br)cnc3F)nc2Cl)c(F)c1. The zero-order valence-corrected chi connectivity index (χ0v) is 35.2. The van der Waals surface area contributed by atoms with Crippen LogP contribution in [0.4, 0.5) is 54.6 Å². The van der Waals surface area contributed by atoms with Crippen LogP contribution in [0.2, 0.25) is 5.15 Å². The number of aryl methyl sites for hydroxylation is 2. The van der Waals surface area contributed by atoms with E-state index >= 15 is 4.39 Å². The van der Waals surface area contributed by atoms with Crippen molar-refractivity contribution in [1.82, 2.24) is 49.9 Å². The normalized spacial score (nSPS) is 12.3. The van der Waals surface area contributed by atoms with Crippen LogP contribution in [0.3, 0.4) is 0 Å². The highest BCUT2D eigenvalue weighted by Gasteiger charge is 2.39. The number of aromatic nitrogens is 10. The Morgan fingerprint density at radius 3 is 1.86 bits per heavy atom. The van der Waals surface area contributed by atoms with Crippen LogP contribution in [0.15, 0.2) is 53.4 Å². The van der Waals surface area contributed by atoms with Crippen LogP contribution in [0.5, 0.6) is 0 Å². The maximum absolute atomic E-state index is 15.0. The van der Waals surface area contributed by atoms with E-state index in [9.17, 15) is 36.7 Å². The van der Waals surface area contributed by atoms with Crippen LogP contribution in [0, 0.1) is 11.8 Å². The molecule has 4 N–H and O–H groups in total. The van der Waals surface area contributed by atoms with Crippen LogP contribution < -0.4 is 21.3 Å². The number of halogens is 7. The van der Waals surface area contributed by atoms with E-state index in [1.165, 1.54) is 65.5 Å². The van der Waals surface area contributed by atoms with Gasteiger partial charge >= 0.3 is 24.3 Å². The van der Waals surface area contributed by atoms with Crippen molar-refractivity contribution in [2.45, 2.75) is 39.2 Å². The first kappa shape index (κ1) is 45.3.